The minimum atomic E-state index is -4.64. The lowest BCUT2D eigenvalue weighted by Gasteiger charge is -2.14. The molecule has 0 aliphatic carbocycles. The van der Waals surface area contributed by atoms with Crippen molar-refractivity contribution in [1.29, 1.82) is 5.26 Å². The molecular formula is C17H14F3N3O2. The minimum absolute atomic E-state index is 0.0985. The van der Waals surface area contributed by atoms with Crippen LogP contribution in [0, 0.1) is 18.3 Å². The summed E-state index contributed by atoms with van der Waals surface area (Å²) in [6, 6.07) is 3.06. The summed E-state index contributed by atoms with van der Waals surface area (Å²) in [5.41, 5.74) is -2.15. The van der Waals surface area contributed by atoms with Crippen LogP contribution in [-0.4, -0.2) is 16.2 Å². The summed E-state index contributed by atoms with van der Waals surface area (Å²) in [6.07, 6.45) is -3.23. The predicted octanol–water partition coefficient (Wildman–Crippen LogP) is 3.31. The lowest BCUT2D eigenvalue weighted by atomic mass is 10.1. The van der Waals surface area contributed by atoms with Gasteiger partial charge in [-0.05, 0) is 25.1 Å². The maximum atomic E-state index is 12.9. The van der Waals surface area contributed by atoms with E-state index in [-0.39, 0.29) is 35.4 Å². The Kier molecular flexibility index (Phi) is 4.97. The van der Waals surface area contributed by atoms with Crippen LogP contribution in [0.4, 0.5) is 13.2 Å². The Morgan fingerprint density at radius 2 is 2.16 bits per heavy atom. The van der Waals surface area contributed by atoms with Crippen LogP contribution in [0.15, 0.2) is 41.9 Å². The molecule has 0 atom stereocenters. The molecule has 0 N–H and O–H groups in total. The molecule has 2 aromatic rings. The van der Waals surface area contributed by atoms with Crippen LogP contribution in [0.5, 0.6) is 0 Å². The molecule has 2 rings (SSSR count). The second-order valence-corrected chi connectivity index (χ2v) is 5.16. The van der Waals surface area contributed by atoms with Crippen LogP contribution < -0.4 is 5.56 Å². The number of ether oxygens (including phenoxy) is 1. The molecule has 5 nitrogen and oxygen atoms in total. The molecule has 0 fully saturated rings. The number of halogens is 3. The Bertz CT molecular complexity index is 953. The first-order valence-electron chi connectivity index (χ1n) is 7.15. The van der Waals surface area contributed by atoms with Crippen molar-refractivity contribution >= 4 is 10.9 Å². The molecule has 0 bridgehead atoms. The van der Waals surface area contributed by atoms with Gasteiger partial charge < -0.3 is 4.74 Å². The Morgan fingerprint density at radius 3 is 2.72 bits per heavy atom. The highest BCUT2D eigenvalue weighted by Gasteiger charge is 2.32. The quantitative estimate of drug-likeness (QED) is 0.613. The number of aryl methyl sites for hydroxylation is 1. The molecule has 25 heavy (non-hydrogen) atoms. The van der Waals surface area contributed by atoms with Crippen molar-refractivity contribution in [2.24, 2.45) is 0 Å². The van der Waals surface area contributed by atoms with Crippen molar-refractivity contribution in [3.63, 3.8) is 0 Å². The smallest absolute Gasteiger partial charge is 0.416 e. The summed E-state index contributed by atoms with van der Waals surface area (Å²) in [4.78, 5) is 16.7. The average Bonchev–Trinajstić information content (AvgIpc) is 2.55. The van der Waals surface area contributed by atoms with Gasteiger partial charge in [-0.3, -0.25) is 9.36 Å². The number of hydrogen-bond acceptors (Lipinski definition) is 4. The zero-order chi connectivity index (χ0) is 18.8. The number of nitrogens with zero attached hydrogens (tertiary/aromatic N) is 3. The van der Waals surface area contributed by atoms with E-state index in [1.54, 1.807) is 6.07 Å². The third-order valence-corrected chi connectivity index (χ3v) is 3.53. The fourth-order valence-corrected chi connectivity index (χ4v) is 2.30. The third-order valence-electron chi connectivity index (χ3n) is 3.53. The molecule has 0 aliphatic heterocycles. The lowest BCUT2D eigenvalue weighted by molar-refractivity contribution is -0.137. The highest BCUT2D eigenvalue weighted by atomic mass is 19.4. The summed E-state index contributed by atoms with van der Waals surface area (Å²) in [6.45, 7) is 8.74. The molecule has 1 aromatic carbocycles. The zero-order valence-corrected chi connectivity index (χ0v) is 13.4. The van der Waals surface area contributed by atoms with Gasteiger partial charge in [0.05, 0.1) is 28.6 Å². The third kappa shape index (κ3) is 3.71. The van der Waals surface area contributed by atoms with Gasteiger partial charge in [0.15, 0.2) is 0 Å². The maximum absolute atomic E-state index is 12.9. The van der Waals surface area contributed by atoms with Crippen molar-refractivity contribution in [3.05, 3.63) is 64.4 Å². The van der Waals surface area contributed by atoms with E-state index in [9.17, 15) is 18.0 Å². The van der Waals surface area contributed by atoms with E-state index in [0.717, 1.165) is 6.07 Å². The number of allylic oxidation sites excluding steroid dienone is 1. The van der Waals surface area contributed by atoms with E-state index in [1.807, 2.05) is 0 Å². The monoisotopic (exact) mass is 349 g/mol. The van der Waals surface area contributed by atoms with Gasteiger partial charge in [0.1, 0.15) is 24.3 Å². The SMILES string of the molecule is C=CC(=C)OCCn1c(C)nc2cc(C(F)(F)F)cc(C#N)c2c1=O. The number of nitriles is 1. The Morgan fingerprint density at radius 1 is 1.48 bits per heavy atom. The number of alkyl halides is 3. The van der Waals surface area contributed by atoms with Crippen LogP contribution in [0.3, 0.4) is 0 Å². The molecule has 0 unspecified atom stereocenters. The highest BCUT2D eigenvalue weighted by Crippen LogP contribution is 2.32. The first kappa shape index (κ1) is 18.3. The van der Waals surface area contributed by atoms with E-state index < -0.39 is 17.3 Å². The van der Waals surface area contributed by atoms with Crippen LogP contribution in [-0.2, 0) is 17.5 Å². The number of hydrogen-bond donors (Lipinski definition) is 0. The van der Waals surface area contributed by atoms with E-state index >= 15 is 0 Å². The van der Waals surface area contributed by atoms with Crippen LogP contribution in [0.2, 0.25) is 0 Å². The summed E-state index contributed by atoms with van der Waals surface area (Å²) in [5.74, 6) is 0.542. The Hall–Kier alpha value is -3.08. The van der Waals surface area contributed by atoms with Crippen molar-refractivity contribution in [3.8, 4) is 6.07 Å². The largest absolute Gasteiger partial charge is 0.492 e. The van der Waals surface area contributed by atoms with Gasteiger partial charge >= 0.3 is 6.18 Å². The number of benzene rings is 1. The first-order chi connectivity index (χ1) is 11.7. The molecular weight excluding hydrogens is 335 g/mol. The number of aromatic nitrogens is 2. The summed E-state index contributed by atoms with van der Waals surface area (Å²) in [5, 5.41) is 9.00. The normalized spacial score (nSPS) is 11.2. The molecule has 8 heteroatoms. The number of rotatable bonds is 5. The maximum Gasteiger partial charge on any atom is 0.416 e. The van der Waals surface area contributed by atoms with Crippen LogP contribution in [0.25, 0.3) is 10.9 Å². The van der Waals surface area contributed by atoms with Gasteiger partial charge in [-0.2, -0.15) is 18.4 Å². The first-order valence-corrected chi connectivity index (χ1v) is 7.15. The fraction of sp³-hybridized carbons (Fsp3) is 0.235. The molecule has 0 saturated heterocycles. The highest BCUT2D eigenvalue weighted by molar-refractivity contribution is 5.84. The number of fused-ring (bicyclic) bond motifs is 1. The van der Waals surface area contributed by atoms with Crippen molar-refractivity contribution in [2.75, 3.05) is 6.61 Å². The molecule has 0 amide bonds. The van der Waals surface area contributed by atoms with Crippen LogP contribution in [0.1, 0.15) is 17.0 Å². The van der Waals surface area contributed by atoms with Crippen LogP contribution >= 0.6 is 0 Å². The van der Waals surface area contributed by atoms with E-state index in [1.165, 1.54) is 17.6 Å². The summed E-state index contributed by atoms with van der Waals surface area (Å²) in [7, 11) is 0. The Labute approximate surface area is 141 Å². The Balaban J connectivity index is 2.58. The molecule has 0 spiro atoms. The second kappa shape index (κ2) is 6.81. The van der Waals surface area contributed by atoms with Gasteiger partial charge in [-0.15, -0.1) is 0 Å². The molecule has 1 heterocycles. The van der Waals surface area contributed by atoms with E-state index in [4.69, 9.17) is 10.00 Å². The topological polar surface area (TPSA) is 67.9 Å². The molecule has 130 valence electrons. The molecule has 0 radical (unpaired) electrons. The van der Waals surface area contributed by atoms with Gasteiger partial charge in [-0.25, -0.2) is 4.98 Å². The molecule has 0 saturated carbocycles. The van der Waals surface area contributed by atoms with Gasteiger partial charge in [0, 0.05) is 0 Å². The van der Waals surface area contributed by atoms with Crippen molar-refractivity contribution in [2.45, 2.75) is 19.6 Å². The van der Waals surface area contributed by atoms with Crippen molar-refractivity contribution in [1.82, 2.24) is 9.55 Å². The minimum Gasteiger partial charge on any atom is -0.492 e. The molecule has 1 aromatic heterocycles. The van der Waals surface area contributed by atoms with E-state index in [2.05, 4.69) is 18.1 Å². The second-order valence-electron chi connectivity index (χ2n) is 5.16. The standard InChI is InChI=1S/C17H14F3N3O2/c1-4-10(2)25-6-5-23-11(3)22-14-8-13(17(18,19)20)7-12(9-21)15(14)16(23)24/h4,7-8H,1-2,5-6H2,3H3. The predicted molar refractivity (Wildman–Crippen MR) is 85.7 cm³/mol. The summed E-state index contributed by atoms with van der Waals surface area (Å²) < 4.78 is 45.3. The fourth-order valence-electron chi connectivity index (χ4n) is 2.30. The van der Waals surface area contributed by atoms with Gasteiger partial charge in [-0.1, -0.05) is 13.2 Å². The van der Waals surface area contributed by atoms with E-state index in [0.29, 0.717) is 11.8 Å². The zero-order valence-electron chi connectivity index (χ0n) is 13.4. The average molecular weight is 349 g/mol. The van der Waals surface area contributed by atoms with Crippen molar-refractivity contribution < 1.29 is 17.9 Å². The van der Waals surface area contributed by atoms with Gasteiger partial charge in [0.2, 0.25) is 0 Å². The molecule has 0 aliphatic rings. The lowest BCUT2D eigenvalue weighted by Crippen LogP contribution is -2.26. The summed E-state index contributed by atoms with van der Waals surface area (Å²) >= 11 is 0. The van der Waals surface area contributed by atoms with Gasteiger partial charge in [0.25, 0.3) is 5.56 Å².